The van der Waals surface area contributed by atoms with E-state index < -0.39 is 0 Å². The third kappa shape index (κ3) is 2.82. The van der Waals surface area contributed by atoms with Gasteiger partial charge in [-0.3, -0.25) is 9.59 Å². The maximum Gasteiger partial charge on any atom is 0.210 e. The normalized spacial score (nSPS) is 14.4. The van der Waals surface area contributed by atoms with Gasteiger partial charge in [0.15, 0.2) is 5.78 Å². The number of Topliss-reactive ketones (excluding diaryl/α,β-unsaturated/α-hetero) is 1. The lowest BCUT2D eigenvalue weighted by molar-refractivity contribution is -0.118. The lowest BCUT2D eigenvalue weighted by atomic mass is 10.0. The first kappa shape index (κ1) is 12.9. The van der Waals surface area contributed by atoms with Crippen LogP contribution in [0.5, 0.6) is 5.75 Å². The molecule has 0 fully saturated rings. The molecule has 1 aromatic rings. The summed E-state index contributed by atoms with van der Waals surface area (Å²) < 4.78 is 5.54. The topological polar surface area (TPSA) is 46.6 Å². The first-order valence-corrected chi connectivity index (χ1v) is 6.32. The molecular formula is C13H14ClNO3. The number of hydrogen-bond acceptors (Lipinski definition) is 3. The Labute approximate surface area is 110 Å². The molecular weight excluding hydrogens is 254 g/mol. The molecule has 0 bridgehead atoms. The zero-order chi connectivity index (χ0) is 13.0. The van der Waals surface area contributed by atoms with E-state index in [1.807, 2.05) is 0 Å². The standard InChI is InChI=1S/C13H14ClNO3/c14-4-3-12(17)10-1-2-13-11(7-10)8-15(9-16)5-6-18-13/h1-2,7,9H,3-6,8H2. The highest BCUT2D eigenvalue weighted by atomic mass is 35.5. The van der Waals surface area contributed by atoms with Crippen LogP contribution in [-0.2, 0) is 11.3 Å². The minimum Gasteiger partial charge on any atom is -0.491 e. The largest absolute Gasteiger partial charge is 0.491 e. The number of amides is 1. The monoisotopic (exact) mass is 267 g/mol. The number of halogens is 1. The number of ketones is 1. The number of alkyl halides is 1. The summed E-state index contributed by atoms with van der Waals surface area (Å²) in [4.78, 5) is 24.2. The van der Waals surface area contributed by atoms with Gasteiger partial charge < -0.3 is 9.64 Å². The van der Waals surface area contributed by atoms with Gasteiger partial charge in [0.2, 0.25) is 6.41 Å². The number of rotatable bonds is 4. The molecule has 18 heavy (non-hydrogen) atoms. The van der Waals surface area contributed by atoms with Crippen LogP contribution in [0.4, 0.5) is 0 Å². The Morgan fingerprint density at radius 2 is 2.33 bits per heavy atom. The minimum atomic E-state index is 0.00898. The van der Waals surface area contributed by atoms with Gasteiger partial charge in [-0.2, -0.15) is 0 Å². The number of hydrogen-bond donors (Lipinski definition) is 0. The Kier molecular flexibility index (Phi) is 4.20. The van der Waals surface area contributed by atoms with E-state index in [1.54, 1.807) is 23.1 Å². The van der Waals surface area contributed by atoms with E-state index in [0.29, 0.717) is 37.6 Å². The third-order valence-corrected chi connectivity index (χ3v) is 3.05. The summed E-state index contributed by atoms with van der Waals surface area (Å²) in [7, 11) is 0. The van der Waals surface area contributed by atoms with E-state index in [1.165, 1.54) is 0 Å². The van der Waals surface area contributed by atoms with Crippen LogP contribution in [0.1, 0.15) is 22.3 Å². The molecule has 0 aromatic heterocycles. The number of ether oxygens (including phenoxy) is 1. The molecule has 1 aromatic carbocycles. The van der Waals surface area contributed by atoms with Crippen molar-refractivity contribution in [3.63, 3.8) is 0 Å². The van der Waals surface area contributed by atoms with E-state index in [0.717, 1.165) is 17.7 Å². The van der Waals surface area contributed by atoms with E-state index in [9.17, 15) is 9.59 Å². The van der Waals surface area contributed by atoms with Crippen LogP contribution in [0.2, 0.25) is 0 Å². The molecule has 1 heterocycles. The molecule has 0 saturated carbocycles. The van der Waals surface area contributed by atoms with Gasteiger partial charge in [0.1, 0.15) is 12.4 Å². The maximum atomic E-state index is 11.8. The van der Waals surface area contributed by atoms with Crippen LogP contribution in [-0.4, -0.2) is 36.1 Å². The molecule has 0 saturated heterocycles. The molecule has 0 aliphatic carbocycles. The van der Waals surface area contributed by atoms with Gasteiger partial charge in [-0.05, 0) is 18.2 Å². The van der Waals surface area contributed by atoms with E-state index in [2.05, 4.69) is 0 Å². The summed E-state index contributed by atoms with van der Waals surface area (Å²) in [5, 5.41) is 0. The quantitative estimate of drug-likeness (QED) is 0.475. The highest BCUT2D eigenvalue weighted by Gasteiger charge is 2.16. The van der Waals surface area contributed by atoms with Crippen molar-refractivity contribution >= 4 is 23.8 Å². The van der Waals surface area contributed by atoms with Crippen LogP contribution in [0.3, 0.4) is 0 Å². The third-order valence-electron chi connectivity index (χ3n) is 2.86. The zero-order valence-electron chi connectivity index (χ0n) is 9.89. The fourth-order valence-corrected chi connectivity index (χ4v) is 2.08. The average Bonchev–Trinajstić information content (AvgIpc) is 2.59. The van der Waals surface area contributed by atoms with Crippen molar-refractivity contribution < 1.29 is 14.3 Å². The molecule has 0 atom stereocenters. The van der Waals surface area contributed by atoms with Crippen molar-refractivity contribution in [1.29, 1.82) is 0 Å². The molecule has 4 nitrogen and oxygen atoms in total. The van der Waals surface area contributed by atoms with Crippen molar-refractivity contribution in [3.8, 4) is 5.75 Å². The summed E-state index contributed by atoms with van der Waals surface area (Å²) in [6.07, 6.45) is 1.12. The molecule has 1 aliphatic heterocycles. The highest BCUT2D eigenvalue weighted by molar-refractivity contribution is 6.19. The lowest BCUT2D eigenvalue weighted by Crippen LogP contribution is -2.23. The number of benzene rings is 1. The van der Waals surface area contributed by atoms with Gasteiger partial charge in [0.25, 0.3) is 0 Å². The molecule has 0 spiro atoms. The van der Waals surface area contributed by atoms with Crippen LogP contribution in [0, 0.1) is 0 Å². The zero-order valence-corrected chi connectivity index (χ0v) is 10.7. The average molecular weight is 268 g/mol. The fraction of sp³-hybridized carbons (Fsp3) is 0.385. The summed E-state index contributed by atoms with van der Waals surface area (Å²) >= 11 is 5.56. The number of nitrogens with zero attached hydrogens (tertiary/aromatic N) is 1. The summed E-state index contributed by atoms with van der Waals surface area (Å²) in [6, 6.07) is 5.31. The molecule has 1 aliphatic rings. The van der Waals surface area contributed by atoms with Crippen molar-refractivity contribution in [1.82, 2.24) is 4.90 Å². The molecule has 2 rings (SSSR count). The second kappa shape index (κ2) is 5.87. The smallest absolute Gasteiger partial charge is 0.210 e. The van der Waals surface area contributed by atoms with Crippen molar-refractivity contribution in [2.75, 3.05) is 19.0 Å². The summed E-state index contributed by atoms with van der Waals surface area (Å²) in [6.45, 7) is 1.50. The number of fused-ring (bicyclic) bond motifs is 1. The SMILES string of the molecule is O=CN1CCOc2ccc(C(=O)CCCl)cc2C1. The van der Waals surface area contributed by atoms with Gasteiger partial charge in [0.05, 0.1) is 6.54 Å². The Morgan fingerprint density at radius 3 is 3.06 bits per heavy atom. The first-order chi connectivity index (χ1) is 8.74. The van der Waals surface area contributed by atoms with Gasteiger partial charge in [-0.1, -0.05) is 0 Å². The molecule has 0 radical (unpaired) electrons. The van der Waals surface area contributed by atoms with Crippen LogP contribution in [0.25, 0.3) is 0 Å². The molecule has 96 valence electrons. The highest BCUT2D eigenvalue weighted by Crippen LogP contribution is 2.24. The maximum absolute atomic E-state index is 11.8. The Hall–Kier alpha value is -1.55. The van der Waals surface area contributed by atoms with Crippen LogP contribution >= 0.6 is 11.6 Å². The predicted molar refractivity (Wildman–Crippen MR) is 68.1 cm³/mol. The van der Waals surface area contributed by atoms with Gasteiger partial charge >= 0.3 is 0 Å². The van der Waals surface area contributed by atoms with Gasteiger partial charge in [0, 0.05) is 30.0 Å². The fourth-order valence-electron chi connectivity index (χ4n) is 1.91. The Bertz CT molecular complexity index is 462. The van der Waals surface area contributed by atoms with E-state index in [-0.39, 0.29) is 5.78 Å². The van der Waals surface area contributed by atoms with Gasteiger partial charge in [-0.15, -0.1) is 11.6 Å². The summed E-state index contributed by atoms with van der Waals surface area (Å²) in [5.41, 5.74) is 1.48. The van der Waals surface area contributed by atoms with Crippen molar-refractivity contribution in [2.45, 2.75) is 13.0 Å². The van der Waals surface area contributed by atoms with Gasteiger partial charge in [-0.25, -0.2) is 0 Å². The second-order valence-corrected chi connectivity index (χ2v) is 4.49. The van der Waals surface area contributed by atoms with Crippen molar-refractivity contribution in [2.24, 2.45) is 0 Å². The molecule has 5 heteroatoms. The molecule has 1 amide bonds. The van der Waals surface area contributed by atoms with E-state index in [4.69, 9.17) is 16.3 Å². The van der Waals surface area contributed by atoms with Crippen LogP contribution < -0.4 is 4.74 Å². The van der Waals surface area contributed by atoms with Crippen molar-refractivity contribution in [3.05, 3.63) is 29.3 Å². The lowest BCUT2D eigenvalue weighted by Gasteiger charge is -2.12. The molecule has 0 unspecified atom stereocenters. The number of carbonyl (C=O) groups excluding carboxylic acids is 2. The first-order valence-electron chi connectivity index (χ1n) is 5.79. The van der Waals surface area contributed by atoms with Crippen LogP contribution in [0.15, 0.2) is 18.2 Å². The number of carbonyl (C=O) groups is 2. The summed E-state index contributed by atoms with van der Waals surface area (Å²) in [5.74, 6) is 1.06. The minimum absolute atomic E-state index is 0.00898. The Morgan fingerprint density at radius 1 is 1.50 bits per heavy atom. The van der Waals surface area contributed by atoms with E-state index >= 15 is 0 Å². The predicted octanol–water partition coefficient (Wildman–Crippen LogP) is 1.85. The Balaban J connectivity index is 2.26. The molecule has 0 N–H and O–H groups in total. The second-order valence-electron chi connectivity index (χ2n) is 4.11.